The molecule has 1 heterocycles. The molecule has 0 unspecified atom stereocenters. The van der Waals surface area contributed by atoms with Crippen molar-refractivity contribution < 1.29 is 4.79 Å². The van der Waals surface area contributed by atoms with E-state index in [9.17, 15) is 4.79 Å². The summed E-state index contributed by atoms with van der Waals surface area (Å²) in [6.07, 6.45) is 0. The third-order valence-corrected chi connectivity index (χ3v) is 4.82. The van der Waals surface area contributed by atoms with E-state index in [1.54, 1.807) is 0 Å². The highest BCUT2D eigenvalue weighted by Gasteiger charge is 2.09. The van der Waals surface area contributed by atoms with Crippen molar-refractivity contribution in [2.75, 3.05) is 11.1 Å². The average Bonchev–Trinajstić information content (AvgIpc) is 2.57. The lowest BCUT2D eigenvalue weighted by molar-refractivity contribution is -0.113. The van der Waals surface area contributed by atoms with E-state index in [0.29, 0.717) is 5.16 Å². The van der Waals surface area contributed by atoms with Crippen LogP contribution in [0.3, 0.4) is 0 Å². The molecule has 122 valence electrons. The van der Waals surface area contributed by atoms with Crippen LogP contribution in [-0.2, 0) is 4.79 Å². The van der Waals surface area contributed by atoms with Crippen molar-refractivity contribution in [3.8, 4) is 0 Å². The van der Waals surface area contributed by atoms with Gasteiger partial charge in [0, 0.05) is 17.1 Å². The fourth-order valence-corrected chi connectivity index (χ4v) is 3.14. The van der Waals surface area contributed by atoms with Crippen LogP contribution in [0.5, 0.6) is 0 Å². The summed E-state index contributed by atoms with van der Waals surface area (Å²) < 4.78 is 0. The van der Waals surface area contributed by atoms with Crippen molar-refractivity contribution in [1.82, 2.24) is 9.97 Å². The number of carbonyl (C=O) groups excluding carboxylic acids is 1. The third kappa shape index (κ3) is 3.74. The number of aromatic nitrogens is 2. The van der Waals surface area contributed by atoms with Crippen LogP contribution in [0, 0.1) is 20.8 Å². The topological polar surface area (TPSA) is 54.9 Å². The first-order valence-corrected chi connectivity index (χ1v) is 8.75. The van der Waals surface area contributed by atoms with Crippen LogP contribution in [0.2, 0.25) is 0 Å². The molecule has 1 N–H and O–H groups in total. The highest BCUT2D eigenvalue weighted by atomic mass is 32.2. The molecule has 2 aromatic carbocycles. The Morgan fingerprint density at radius 1 is 1.00 bits per heavy atom. The Balaban J connectivity index is 1.64. The Morgan fingerprint density at radius 2 is 1.67 bits per heavy atom. The molecule has 0 aliphatic carbocycles. The Hall–Kier alpha value is -2.40. The second-order valence-corrected chi connectivity index (χ2v) is 6.64. The van der Waals surface area contributed by atoms with Crippen molar-refractivity contribution in [3.05, 3.63) is 59.4 Å². The van der Waals surface area contributed by atoms with Crippen molar-refractivity contribution >= 4 is 34.1 Å². The van der Waals surface area contributed by atoms with Gasteiger partial charge in [-0.1, -0.05) is 42.1 Å². The van der Waals surface area contributed by atoms with Gasteiger partial charge in [-0.3, -0.25) is 4.79 Å². The lowest BCUT2D eigenvalue weighted by Gasteiger charge is -2.08. The maximum atomic E-state index is 12.2. The summed E-state index contributed by atoms with van der Waals surface area (Å²) >= 11 is 1.35. The summed E-state index contributed by atoms with van der Waals surface area (Å²) in [7, 11) is 0. The Labute approximate surface area is 145 Å². The fourth-order valence-electron chi connectivity index (χ4n) is 2.40. The fraction of sp³-hybridized carbons (Fsp3) is 0.211. The highest BCUT2D eigenvalue weighted by molar-refractivity contribution is 7.99. The van der Waals surface area contributed by atoms with Crippen LogP contribution in [0.25, 0.3) is 10.8 Å². The van der Waals surface area contributed by atoms with E-state index in [-0.39, 0.29) is 11.7 Å². The van der Waals surface area contributed by atoms with Crippen LogP contribution in [0.15, 0.2) is 47.6 Å². The van der Waals surface area contributed by atoms with Crippen LogP contribution in [-0.4, -0.2) is 21.6 Å². The molecular weight excluding hydrogens is 318 g/mol. The quantitative estimate of drug-likeness (QED) is 0.570. The molecule has 0 aliphatic heterocycles. The third-order valence-electron chi connectivity index (χ3n) is 3.98. The Kier molecular flexibility index (Phi) is 4.81. The van der Waals surface area contributed by atoms with Gasteiger partial charge in [0.25, 0.3) is 0 Å². The molecule has 0 atom stereocenters. The smallest absolute Gasteiger partial charge is 0.234 e. The zero-order chi connectivity index (χ0) is 17.1. The van der Waals surface area contributed by atoms with E-state index in [4.69, 9.17) is 0 Å². The number of hydrogen-bond donors (Lipinski definition) is 1. The molecule has 24 heavy (non-hydrogen) atoms. The zero-order valence-electron chi connectivity index (χ0n) is 14.0. The molecular formula is C19H19N3OS. The summed E-state index contributed by atoms with van der Waals surface area (Å²) in [5.74, 6) is 0.226. The lowest BCUT2D eigenvalue weighted by atomic mass is 10.1. The maximum absolute atomic E-state index is 12.2. The molecule has 0 spiro atoms. The SMILES string of the molecule is Cc1nc(SCC(=O)Nc2ccc3ccccc3c2)nc(C)c1C. The van der Waals surface area contributed by atoms with Crippen LogP contribution in [0.4, 0.5) is 5.69 Å². The van der Waals surface area contributed by atoms with Crippen LogP contribution >= 0.6 is 11.8 Å². The molecule has 3 rings (SSSR count). The average molecular weight is 337 g/mol. The number of thioether (sulfide) groups is 1. The molecule has 0 saturated heterocycles. The van der Waals surface area contributed by atoms with Crippen molar-refractivity contribution in [2.45, 2.75) is 25.9 Å². The highest BCUT2D eigenvalue weighted by Crippen LogP contribution is 2.20. The summed E-state index contributed by atoms with van der Waals surface area (Å²) in [6.45, 7) is 5.93. The van der Waals surface area contributed by atoms with Gasteiger partial charge in [0.2, 0.25) is 5.91 Å². The Bertz CT molecular complexity index is 885. The number of nitrogens with zero attached hydrogens (tertiary/aromatic N) is 2. The predicted molar refractivity (Wildman–Crippen MR) is 99.5 cm³/mol. The minimum absolute atomic E-state index is 0.0604. The van der Waals surface area contributed by atoms with E-state index in [0.717, 1.165) is 33.4 Å². The number of benzene rings is 2. The summed E-state index contributed by atoms with van der Waals surface area (Å²) in [4.78, 5) is 21.0. The standard InChI is InChI=1S/C19H19N3OS/c1-12-13(2)20-19(21-14(12)3)24-11-18(23)22-17-9-8-15-6-4-5-7-16(15)10-17/h4-10H,11H2,1-3H3,(H,22,23). The van der Waals surface area contributed by atoms with Gasteiger partial charge >= 0.3 is 0 Å². The number of fused-ring (bicyclic) bond motifs is 1. The normalized spacial score (nSPS) is 10.8. The van der Waals surface area contributed by atoms with Gasteiger partial charge in [-0.05, 0) is 49.2 Å². The van der Waals surface area contributed by atoms with Gasteiger partial charge in [0.05, 0.1) is 5.75 Å². The van der Waals surface area contributed by atoms with Gasteiger partial charge in [-0.2, -0.15) is 0 Å². The molecule has 0 fully saturated rings. The zero-order valence-corrected chi connectivity index (χ0v) is 14.8. The summed E-state index contributed by atoms with van der Waals surface area (Å²) in [5, 5.41) is 5.84. The van der Waals surface area contributed by atoms with E-state index in [1.165, 1.54) is 11.8 Å². The maximum Gasteiger partial charge on any atom is 0.234 e. The molecule has 0 saturated carbocycles. The number of nitrogens with one attached hydrogen (secondary N) is 1. The number of anilines is 1. The molecule has 4 nitrogen and oxygen atoms in total. The molecule has 1 amide bonds. The Morgan fingerprint density at radius 3 is 2.38 bits per heavy atom. The molecule has 0 radical (unpaired) electrons. The second kappa shape index (κ2) is 7.01. The molecule has 3 aromatic rings. The summed E-state index contributed by atoms with van der Waals surface area (Å²) in [6, 6.07) is 14.0. The predicted octanol–water partition coefficient (Wildman–Crippen LogP) is 4.29. The van der Waals surface area contributed by atoms with Gasteiger partial charge in [0.1, 0.15) is 0 Å². The van der Waals surface area contributed by atoms with Gasteiger partial charge in [0.15, 0.2) is 5.16 Å². The van der Waals surface area contributed by atoms with Crippen molar-refractivity contribution in [2.24, 2.45) is 0 Å². The second-order valence-electron chi connectivity index (χ2n) is 5.70. The van der Waals surface area contributed by atoms with E-state index < -0.39 is 0 Å². The van der Waals surface area contributed by atoms with Crippen LogP contribution in [0.1, 0.15) is 17.0 Å². The van der Waals surface area contributed by atoms with Gasteiger partial charge in [-0.25, -0.2) is 9.97 Å². The number of hydrogen-bond acceptors (Lipinski definition) is 4. The van der Waals surface area contributed by atoms with Crippen molar-refractivity contribution in [1.29, 1.82) is 0 Å². The first-order chi connectivity index (χ1) is 11.5. The monoisotopic (exact) mass is 337 g/mol. The van der Waals surface area contributed by atoms with Crippen LogP contribution < -0.4 is 5.32 Å². The molecule has 0 bridgehead atoms. The number of aryl methyl sites for hydroxylation is 2. The molecule has 1 aromatic heterocycles. The first kappa shape index (κ1) is 16.5. The molecule has 5 heteroatoms. The van der Waals surface area contributed by atoms with Gasteiger partial charge < -0.3 is 5.32 Å². The number of carbonyl (C=O) groups is 1. The molecule has 0 aliphatic rings. The van der Waals surface area contributed by atoms with Gasteiger partial charge in [-0.15, -0.1) is 0 Å². The number of amides is 1. The van der Waals surface area contributed by atoms with Crippen molar-refractivity contribution in [3.63, 3.8) is 0 Å². The lowest BCUT2D eigenvalue weighted by Crippen LogP contribution is -2.14. The summed E-state index contributed by atoms with van der Waals surface area (Å²) in [5.41, 5.74) is 3.82. The number of rotatable bonds is 4. The first-order valence-electron chi connectivity index (χ1n) is 7.76. The minimum atomic E-state index is -0.0604. The minimum Gasteiger partial charge on any atom is -0.325 e. The van der Waals surface area contributed by atoms with E-state index in [2.05, 4.69) is 21.4 Å². The van der Waals surface area contributed by atoms with E-state index in [1.807, 2.05) is 57.2 Å². The largest absolute Gasteiger partial charge is 0.325 e. The van der Waals surface area contributed by atoms with E-state index >= 15 is 0 Å².